The first-order chi connectivity index (χ1) is 42.1. The number of carbonyl (C=O) groups is 4. The van der Waals surface area contributed by atoms with Gasteiger partial charge < -0.3 is 33.8 Å². The van der Waals surface area contributed by atoms with Crippen molar-refractivity contribution in [2.75, 3.05) is 39.6 Å². The molecule has 522 valence electrons. The molecule has 0 saturated heterocycles. The van der Waals surface area contributed by atoms with Crippen molar-refractivity contribution in [3.63, 3.8) is 0 Å². The van der Waals surface area contributed by atoms with E-state index in [0.717, 1.165) is 108 Å². The summed E-state index contributed by atoms with van der Waals surface area (Å²) < 4.78 is 68.2. The smallest absolute Gasteiger partial charge is 0.462 e. The van der Waals surface area contributed by atoms with Gasteiger partial charge in [-0.3, -0.25) is 37.3 Å². The van der Waals surface area contributed by atoms with Crippen LogP contribution in [0.1, 0.15) is 338 Å². The fourth-order valence-corrected chi connectivity index (χ4v) is 11.9. The number of ether oxygens (including phenoxy) is 4. The predicted octanol–water partition coefficient (Wildman–Crippen LogP) is 19.3. The quantitative estimate of drug-likeness (QED) is 0.0222. The zero-order valence-electron chi connectivity index (χ0n) is 57.3. The van der Waals surface area contributed by atoms with Crippen LogP contribution < -0.4 is 0 Å². The van der Waals surface area contributed by atoms with Gasteiger partial charge >= 0.3 is 39.5 Å². The van der Waals surface area contributed by atoms with E-state index in [9.17, 15) is 43.2 Å². The maximum atomic E-state index is 13.0. The van der Waals surface area contributed by atoms with Crippen molar-refractivity contribution in [1.82, 2.24) is 0 Å². The Hall–Kier alpha value is -1.94. The zero-order chi connectivity index (χ0) is 65.4. The van der Waals surface area contributed by atoms with Crippen LogP contribution in [0.5, 0.6) is 0 Å². The molecule has 0 saturated carbocycles. The molecule has 0 aromatic heterocycles. The van der Waals surface area contributed by atoms with Crippen LogP contribution in [0, 0.1) is 23.7 Å². The van der Waals surface area contributed by atoms with Crippen molar-refractivity contribution in [2.24, 2.45) is 23.7 Å². The third-order valence-corrected chi connectivity index (χ3v) is 18.1. The number of rotatable bonds is 66. The minimum atomic E-state index is -4.95. The van der Waals surface area contributed by atoms with E-state index < -0.39 is 97.5 Å². The molecular formula is C69H134O17P2. The summed E-state index contributed by atoms with van der Waals surface area (Å²) in [5.74, 6) is 0.851. The SMILES string of the molecule is CCC(C)CCCCCCCCCCCCC(=O)O[C@H](COC(=O)CCCCCCCCCCCCC(C)C)COP(=O)(O)OCC(O)COP(=O)(O)OC[C@@H](COC(=O)CCCCCCCCCCC(C)C)OC(=O)CCCCCCCCCC(C)C. The van der Waals surface area contributed by atoms with Gasteiger partial charge in [0.1, 0.15) is 19.3 Å². The van der Waals surface area contributed by atoms with E-state index in [1.807, 2.05) is 0 Å². The minimum Gasteiger partial charge on any atom is -0.462 e. The zero-order valence-corrected chi connectivity index (χ0v) is 59.1. The van der Waals surface area contributed by atoms with Crippen molar-refractivity contribution < 1.29 is 80.2 Å². The third kappa shape index (κ3) is 61.6. The standard InChI is InChI=1S/C69H134O17P2/c1-9-62(8)48-40-32-24-15-11-13-17-27-35-43-51-68(73)85-64(55-79-66(71)49-41-33-25-16-12-10-14-21-29-37-45-59(2)3)57-83-87(75,76)81-53-63(70)54-82-88(77,78)84-58-65(86-69(74)52-44-36-28-20-23-31-39-47-61(6)7)56-80-67(72)50-42-34-26-19-18-22-30-38-46-60(4)5/h59-65,70H,9-58H2,1-8H3,(H,75,76)(H,77,78)/t62?,63?,64-,65-/m1/s1. The fraction of sp³-hybridized carbons (Fsp3) is 0.942. The lowest BCUT2D eigenvalue weighted by atomic mass is 9.99. The molecule has 0 fully saturated rings. The van der Waals surface area contributed by atoms with Crippen LogP contribution in [-0.4, -0.2) is 96.7 Å². The Morgan fingerprint density at radius 3 is 0.807 bits per heavy atom. The molecule has 6 atom stereocenters. The number of aliphatic hydroxyl groups is 1. The van der Waals surface area contributed by atoms with E-state index in [2.05, 4.69) is 55.4 Å². The van der Waals surface area contributed by atoms with Gasteiger partial charge in [0, 0.05) is 25.7 Å². The van der Waals surface area contributed by atoms with Gasteiger partial charge in [0.2, 0.25) is 0 Å². The Kier molecular flexibility index (Phi) is 57.6. The number of aliphatic hydroxyl groups excluding tert-OH is 1. The molecule has 0 aromatic rings. The van der Waals surface area contributed by atoms with E-state index in [1.54, 1.807) is 0 Å². The molecule has 0 heterocycles. The lowest BCUT2D eigenvalue weighted by Gasteiger charge is -2.21. The van der Waals surface area contributed by atoms with Gasteiger partial charge in [-0.2, -0.15) is 0 Å². The molecule has 0 radical (unpaired) electrons. The Morgan fingerprint density at radius 1 is 0.318 bits per heavy atom. The van der Waals surface area contributed by atoms with E-state index in [1.165, 1.54) is 141 Å². The number of phosphoric acid groups is 2. The van der Waals surface area contributed by atoms with Crippen molar-refractivity contribution in [1.29, 1.82) is 0 Å². The molecule has 4 unspecified atom stereocenters. The minimum absolute atomic E-state index is 0.102. The molecule has 3 N–H and O–H groups in total. The number of hydrogen-bond acceptors (Lipinski definition) is 15. The van der Waals surface area contributed by atoms with Gasteiger partial charge in [-0.1, -0.05) is 287 Å². The second kappa shape index (κ2) is 58.8. The van der Waals surface area contributed by atoms with Crippen LogP contribution in [0.2, 0.25) is 0 Å². The molecule has 0 aliphatic heterocycles. The number of carbonyl (C=O) groups excluding carboxylic acids is 4. The molecule has 0 spiro atoms. The van der Waals surface area contributed by atoms with Crippen molar-refractivity contribution in [3.05, 3.63) is 0 Å². The van der Waals surface area contributed by atoms with Crippen molar-refractivity contribution in [2.45, 2.75) is 356 Å². The highest BCUT2D eigenvalue weighted by molar-refractivity contribution is 7.47. The molecule has 0 aliphatic rings. The average molecular weight is 1300 g/mol. The van der Waals surface area contributed by atoms with Crippen LogP contribution in [0.25, 0.3) is 0 Å². The topological polar surface area (TPSA) is 237 Å². The first-order valence-corrected chi connectivity index (χ1v) is 38.7. The molecule has 88 heavy (non-hydrogen) atoms. The summed E-state index contributed by atoms with van der Waals surface area (Å²) >= 11 is 0. The van der Waals surface area contributed by atoms with Crippen LogP contribution in [0.15, 0.2) is 0 Å². The second-order valence-corrected chi connectivity index (χ2v) is 29.5. The molecule has 0 aromatic carbocycles. The first-order valence-electron chi connectivity index (χ1n) is 35.7. The van der Waals surface area contributed by atoms with Gasteiger partial charge in [0.15, 0.2) is 12.2 Å². The molecule has 0 rings (SSSR count). The Morgan fingerprint density at radius 2 is 0.545 bits per heavy atom. The van der Waals surface area contributed by atoms with E-state index in [-0.39, 0.29) is 25.7 Å². The molecular weight excluding hydrogens is 1160 g/mol. The van der Waals surface area contributed by atoms with Gasteiger partial charge in [-0.15, -0.1) is 0 Å². The van der Waals surface area contributed by atoms with Gasteiger partial charge in [0.25, 0.3) is 0 Å². The van der Waals surface area contributed by atoms with Crippen LogP contribution in [-0.2, 0) is 65.4 Å². The maximum Gasteiger partial charge on any atom is 0.472 e. The summed E-state index contributed by atoms with van der Waals surface area (Å²) in [4.78, 5) is 72.5. The Bertz CT molecular complexity index is 1750. The first kappa shape index (κ1) is 86.1. The number of phosphoric ester groups is 2. The number of unbranched alkanes of at least 4 members (excludes halogenated alkanes) is 31. The normalized spacial score (nSPS) is 14.6. The van der Waals surface area contributed by atoms with Crippen LogP contribution in [0.4, 0.5) is 0 Å². The summed E-state index contributed by atoms with van der Waals surface area (Å²) in [6.45, 7) is 14.1. The summed E-state index contributed by atoms with van der Waals surface area (Å²) in [5, 5.41) is 10.6. The molecule has 0 bridgehead atoms. The Labute approximate surface area is 537 Å². The summed E-state index contributed by atoms with van der Waals surface area (Å²) in [6, 6.07) is 0. The lowest BCUT2D eigenvalue weighted by Crippen LogP contribution is -2.30. The summed E-state index contributed by atoms with van der Waals surface area (Å²) in [5.41, 5.74) is 0. The average Bonchev–Trinajstić information content (AvgIpc) is 3.59. The van der Waals surface area contributed by atoms with Gasteiger partial charge in [-0.05, 0) is 49.4 Å². The Balaban J connectivity index is 5.26. The highest BCUT2D eigenvalue weighted by Gasteiger charge is 2.30. The molecule has 0 aliphatic carbocycles. The summed E-state index contributed by atoms with van der Waals surface area (Å²) in [6.07, 6.45) is 40.3. The molecule has 0 amide bonds. The van der Waals surface area contributed by atoms with Crippen molar-refractivity contribution in [3.8, 4) is 0 Å². The highest BCUT2D eigenvalue weighted by Crippen LogP contribution is 2.45. The van der Waals surface area contributed by atoms with E-state index >= 15 is 0 Å². The summed E-state index contributed by atoms with van der Waals surface area (Å²) in [7, 11) is -9.90. The van der Waals surface area contributed by atoms with Crippen LogP contribution >= 0.6 is 15.6 Å². The maximum absolute atomic E-state index is 13.0. The monoisotopic (exact) mass is 1300 g/mol. The molecule has 17 nitrogen and oxygen atoms in total. The third-order valence-electron chi connectivity index (χ3n) is 16.2. The second-order valence-electron chi connectivity index (χ2n) is 26.6. The number of hydrogen-bond donors (Lipinski definition) is 3. The molecule has 19 heteroatoms. The largest absolute Gasteiger partial charge is 0.472 e. The highest BCUT2D eigenvalue weighted by atomic mass is 31.2. The van der Waals surface area contributed by atoms with Crippen LogP contribution in [0.3, 0.4) is 0 Å². The van der Waals surface area contributed by atoms with Crippen molar-refractivity contribution >= 4 is 39.5 Å². The predicted molar refractivity (Wildman–Crippen MR) is 354 cm³/mol. The van der Waals surface area contributed by atoms with Gasteiger partial charge in [-0.25, -0.2) is 9.13 Å². The van der Waals surface area contributed by atoms with E-state index in [0.29, 0.717) is 31.6 Å². The lowest BCUT2D eigenvalue weighted by molar-refractivity contribution is -0.161. The number of esters is 4. The fourth-order valence-electron chi connectivity index (χ4n) is 10.3. The van der Waals surface area contributed by atoms with E-state index in [4.69, 9.17) is 37.0 Å². The van der Waals surface area contributed by atoms with Gasteiger partial charge in [0.05, 0.1) is 26.4 Å².